The first-order valence-corrected chi connectivity index (χ1v) is 6.07. The maximum absolute atomic E-state index is 13.2. The highest BCUT2D eigenvalue weighted by molar-refractivity contribution is 5.94. The average Bonchev–Trinajstić information content (AvgIpc) is 2.42. The van der Waals surface area contributed by atoms with Crippen molar-refractivity contribution >= 4 is 5.91 Å². The van der Waals surface area contributed by atoms with Crippen molar-refractivity contribution in [2.45, 2.75) is 6.18 Å². The summed E-state index contributed by atoms with van der Waals surface area (Å²) in [6, 6.07) is 2.18. The molecule has 1 amide bonds. The average molecular weight is 305 g/mol. The third kappa shape index (κ3) is 4.56. The SMILES string of the molecule is C=CCN(CCOC)C(=O)c1ccc(F)c(C(F)(F)F)c1. The molecule has 0 fully saturated rings. The molecule has 0 saturated carbocycles. The summed E-state index contributed by atoms with van der Waals surface area (Å²) >= 11 is 0. The number of methoxy groups -OCH3 is 1. The zero-order chi connectivity index (χ0) is 16.0. The summed E-state index contributed by atoms with van der Waals surface area (Å²) in [4.78, 5) is 13.4. The van der Waals surface area contributed by atoms with E-state index in [0.717, 1.165) is 6.07 Å². The topological polar surface area (TPSA) is 29.5 Å². The van der Waals surface area contributed by atoms with Crippen molar-refractivity contribution < 1.29 is 27.1 Å². The van der Waals surface area contributed by atoms with Gasteiger partial charge in [0.2, 0.25) is 0 Å². The Morgan fingerprint density at radius 2 is 2.10 bits per heavy atom. The van der Waals surface area contributed by atoms with Gasteiger partial charge in [-0.15, -0.1) is 6.58 Å². The molecule has 1 rings (SSSR count). The molecule has 0 aromatic heterocycles. The fourth-order valence-electron chi connectivity index (χ4n) is 1.69. The van der Waals surface area contributed by atoms with Gasteiger partial charge in [-0.05, 0) is 18.2 Å². The van der Waals surface area contributed by atoms with Crippen molar-refractivity contribution in [3.63, 3.8) is 0 Å². The van der Waals surface area contributed by atoms with Crippen molar-refractivity contribution in [3.05, 3.63) is 47.8 Å². The number of halogens is 4. The number of carbonyl (C=O) groups excluding carboxylic acids is 1. The van der Waals surface area contributed by atoms with E-state index < -0.39 is 23.5 Å². The van der Waals surface area contributed by atoms with E-state index in [-0.39, 0.29) is 25.3 Å². The Bertz CT molecular complexity index is 514. The van der Waals surface area contributed by atoms with Crippen LogP contribution in [0.3, 0.4) is 0 Å². The highest BCUT2D eigenvalue weighted by Gasteiger charge is 2.35. The van der Waals surface area contributed by atoms with E-state index in [0.29, 0.717) is 12.1 Å². The minimum atomic E-state index is -4.85. The normalized spacial score (nSPS) is 11.3. The molecular formula is C14H15F4NO2. The standard InChI is InChI=1S/C14H15F4NO2/c1-3-6-19(7-8-21-2)13(20)10-4-5-12(15)11(9-10)14(16,17)18/h3-5,9H,1,6-8H2,2H3. The van der Waals surface area contributed by atoms with E-state index in [9.17, 15) is 22.4 Å². The van der Waals surface area contributed by atoms with E-state index in [1.807, 2.05) is 0 Å². The molecular weight excluding hydrogens is 290 g/mol. The van der Waals surface area contributed by atoms with E-state index in [2.05, 4.69) is 6.58 Å². The third-order valence-corrected chi connectivity index (χ3v) is 2.72. The zero-order valence-corrected chi connectivity index (χ0v) is 11.4. The molecule has 0 bridgehead atoms. The lowest BCUT2D eigenvalue weighted by molar-refractivity contribution is -0.140. The molecule has 0 aliphatic carbocycles. The lowest BCUT2D eigenvalue weighted by atomic mass is 10.1. The van der Waals surface area contributed by atoms with E-state index in [1.54, 1.807) is 0 Å². The van der Waals surface area contributed by atoms with Gasteiger partial charge in [0.25, 0.3) is 5.91 Å². The van der Waals surface area contributed by atoms with Crippen LogP contribution in [0.1, 0.15) is 15.9 Å². The largest absolute Gasteiger partial charge is 0.419 e. The molecule has 0 saturated heterocycles. The van der Waals surface area contributed by atoms with Crippen molar-refractivity contribution in [3.8, 4) is 0 Å². The second kappa shape index (κ2) is 7.21. The van der Waals surface area contributed by atoms with Crippen molar-refractivity contribution in [2.75, 3.05) is 26.8 Å². The fraction of sp³-hybridized carbons (Fsp3) is 0.357. The van der Waals surface area contributed by atoms with Crippen LogP contribution in [0.5, 0.6) is 0 Å². The lowest BCUT2D eigenvalue weighted by Crippen LogP contribution is -2.34. The molecule has 0 aliphatic heterocycles. The number of benzene rings is 1. The molecule has 0 N–H and O–H groups in total. The molecule has 0 atom stereocenters. The highest BCUT2D eigenvalue weighted by atomic mass is 19.4. The molecule has 1 aromatic carbocycles. The minimum absolute atomic E-state index is 0.154. The van der Waals surface area contributed by atoms with Crippen LogP contribution in [0.4, 0.5) is 17.6 Å². The fourth-order valence-corrected chi connectivity index (χ4v) is 1.69. The molecule has 0 radical (unpaired) electrons. The first-order chi connectivity index (χ1) is 9.81. The van der Waals surface area contributed by atoms with Gasteiger partial charge in [0.1, 0.15) is 5.82 Å². The predicted molar refractivity (Wildman–Crippen MR) is 69.4 cm³/mol. The van der Waals surface area contributed by atoms with Crippen molar-refractivity contribution in [1.29, 1.82) is 0 Å². The van der Waals surface area contributed by atoms with E-state index >= 15 is 0 Å². The highest BCUT2D eigenvalue weighted by Crippen LogP contribution is 2.32. The zero-order valence-electron chi connectivity index (χ0n) is 11.4. The Morgan fingerprint density at radius 3 is 2.62 bits per heavy atom. The minimum Gasteiger partial charge on any atom is -0.383 e. The molecule has 116 valence electrons. The summed E-state index contributed by atoms with van der Waals surface area (Å²) < 4.78 is 56.0. The van der Waals surface area contributed by atoms with Gasteiger partial charge in [-0.3, -0.25) is 4.79 Å². The van der Waals surface area contributed by atoms with Gasteiger partial charge < -0.3 is 9.64 Å². The summed E-state index contributed by atoms with van der Waals surface area (Å²) in [5.74, 6) is -2.05. The number of amides is 1. The summed E-state index contributed by atoms with van der Waals surface area (Å²) in [5, 5.41) is 0. The second-order valence-corrected chi connectivity index (χ2v) is 4.23. The molecule has 0 unspecified atom stereocenters. The summed E-state index contributed by atoms with van der Waals surface area (Å²) in [7, 11) is 1.44. The quantitative estimate of drug-likeness (QED) is 0.597. The molecule has 1 aromatic rings. The van der Waals surface area contributed by atoms with E-state index in [4.69, 9.17) is 4.74 Å². The predicted octanol–water partition coefficient (Wildman–Crippen LogP) is 3.12. The van der Waals surface area contributed by atoms with Gasteiger partial charge in [-0.1, -0.05) is 6.08 Å². The maximum atomic E-state index is 13.2. The van der Waals surface area contributed by atoms with Crippen molar-refractivity contribution in [1.82, 2.24) is 4.90 Å². The van der Waals surface area contributed by atoms with Crippen LogP contribution >= 0.6 is 0 Å². The first-order valence-electron chi connectivity index (χ1n) is 6.07. The Labute approximate surface area is 119 Å². The van der Waals surface area contributed by atoms with Crippen LogP contribution in [0.15, 0.2) is 30.9 Å². The number of alkyl halides is 3. The van der Waals surface area contributed by atoms with Gasteiger partial charge in [-0.2, -0.15) is 13.2 Å². The van der Waals surface area contributed by atoms with Gasteiger partial charge in [0.15, 0.2) is 0 Å². The smallest absolute Gasteiger partial charge is 0.383 e. The summed E-state index contributed by atoms with van der Waals surface area (Å²) in [6.07, 6.45) is -3.40. The number of ether oxygens (including phenoxy) is 1. The van der Waals surface area contributed by atoms with Crippen LogP contribution in [0.25, 0.3) is 0 Å². The maximum Gasteiger partial charge on any atom is 0.419 e. The number of carbonyl (C=O) groups is 1. The molecule has 21 heavy (non-hydrogen) atoms. The molecule has 7 heteroatoms. The molecule has 0 heterocycles. The number of nitrogens with zero attached hydrogens (tertiary/aromatic N) is 1. The van der Waals surface area contributed by atoms with E-state index in [1.165, 1.54) is 18.1 Å². The van der Waals surface area contributed by atoms with Crippen molar-refractivity contribution in [2.24, 2.45) is 0 Å². The Hall–Kier alpha value is -1.89. The van der Waals surface area contributed by atoms with Gasteiger partial charge in [0, 0.05) is 25.8 Å². The summed E-state index contributed by atoms with van der Waals surface area (Å²) in [6.45, 7) is 4.06. The second-order valence-electron chi connectivity index (χ2n) is 4.23. The Morgan fingerprint density at radius 1 is 1.43 bits per heavy atom. The number of hydrogen-bond donors (Lipinski definition) is 0. The number of rotatable bonds is 6. The van der Waals surface area contributed by atoms with Crippen LogP contribution in [-0.2, 0) is 10.9 Å². The third-order valence-electron chi connectivity index (χ3n) is 2.72. The molecule has 0 spiro atoms. The summed E-state index contributed by atoms with van der Waals surface area (Å²) in [5.41, 5.74) is -1.69. The molecule has 0 aliphatic rings. The Balaban J connectivity index is 3.07. The Kier molecular flexibility index (Phi) is 5.90. The van der Waals surface area contributed by atoms with Crippen LogP contribution in [-0.4, -0.2) is 37.6 Å². The number of hydrogen-bond acceptors (Lipinski definition) is 2. The van der Waals surface area contributed by atoms with Gasteiger partial charge in [0.05, 0.1) is 12.2 Å². The van der Waals surface area contributed by atoms with Crippen LogP contribution in [0.2, 0.25) is 0 Å². The van der Waals surface area contributed by atoms with Crippen LogP contribution in [0, 0.1) is 5.82 Å². The lowest BCUT2D eigenvalue weighted by Gasteiger charge is -2.21. The van der Waals surface area contributed by atoms with Crippen LogP contribution < -0.4 is 0 Å². The van der Waals surface area contributed by atoms with Gasteiger partial charge >= 0.3 is 6.18 Å². The monoisotopic (exact) mass is 305 g/mol. The molecule has 3 nitrogen and oxygen atoms in total. The first kappa shape index (κ1) is 17.2. The van der Waals surface area contributed by atoms with Gasteiger partial charge in [-0.25, -0.2) is 4.39 Å².